The zero-order valence-electron chi connectivity index (χ0n) is 14.0. The molecule has 0 aliphatic heterocycles. The average molecular weight is 393 g/mol. The zero-order valence-corrected chi connectivity index (χ0v) is 16.2. The van der Waals surface area contributed by atoms with Gasteiger partial charge in [-0.15, -0.1) is 0 Å². The van der Waals surface area contributed by atoms with Crippen molar-refractivity contribution in [1.29, 1.82) is 0 Å². The molecule has 0 bridgehead atoms. The van der Waals surface area contributed by atoms with Crippen LogP contribution in [0.4, 0.5) is 0 Å². The number of rotatable bonds is 2. The van der Waals surface area contributed by atoms with Crippen molar-refractivity contribution < 1.29 is 21.2 Å². The van der Waals surface area contributed by atoms with Gasteiger partial charge in [0, 0.05) is 0 Å². The first-order chi connectivity index (χ1) is 9.69. The molecule has 0 nitrogen and oxygen atoms in total. The third-order valence-electron chi connectivity index (χ3n) is 3.57. The third-order valence-corrected chi connectivity index (χ3v) is 6.61. The van der Waals surface area contributed by atoms with Gasteiger partial charge in [0.2, 0.25) is 0 Å². The summed E-state index contributed by atoms with van der Waals surface area (Å²) in [5.41, 5.74) is 3.43. The van der Waals surface area contributed by atoms with E-state index < -0.39 is 0 Å². The van der Waals surface area contributed by atoms with Crippen LogP contribution in [0.25, 0.3) is 0 Å². The van der Waals surface area contributed by atoms with E-state index in [-0.39, 0.29) is 32.0 Å². The Morgan fingerprint density at radius 1 is 0.571 bits per heavy atom. The van der Waals surface area contributed by atoms with E-state index in [2.05, 4.69) is 90.1 Å². The second kappa shape index (κ2) is 6.12. The Morgan fingerprint density at radius 2 is 0.905 bits per heavy atom. The van der Waals surface area contributed by atoms with E-state index in [9.17, 15) is 0 Å². The molecule has 0 fully saturated rings. The molecule has 0 aliphatic carbocycles. The molecule has 0 N–H and O–H groups in total. The minimum atomic E-state index is -0.147. The topological polar surface area (TPSA) is 0 Å². The van der Waals surface area contributed by atoms with E-state index in [0.29, 0.717) is 0 Å². The molecule has 21 heavy (non-hydrogen) atoms. The van der Waals surface area contributed by atoms with Crippen LogP contribution in [0.15, 0.2) is 48.5 Å². The Labute approximate surface area is 140 Å². The van der Waals surface area contributed by atoms with Crippen molar-refractivity contribution in [2.24, 2.45) is 0 Å². The van der Waals surface area contributed by atoms with Crippen LogP contribution in [-0.2, 0) is 10.8 Å². The first-order valence-corrected chi connectivity index (χ1v) is 9.69. The van der Waals surface area contributed by atoms with Crippen molar-refractivity contribution in [3.63, 3.8) is 0 Å². The van der Waals surface area contributed by atoms with Crippen LogP contribution in [0.3, 0.4) is 0 Å². The van der Waals surface area contributed by atoms with Gasteiger partial charge in [0.25, 0.3) is 0 Å². The molecule has 0 saturated carbocycles. The van der Waals surface area contributed by atoms with Crippen LogP contribution in [0.1, 0.15) is 52.7 Å². The second-order valence-electron chi connectivity index (χ2n) is 7.55. The minimum absolute atomic E-state index is 0.147. The molecule has 0 radical (unpaired) electrons. The standard InChI is InChI=1S/C20H26I/c1-19(2,3)15-11-7-9-13-17(15)21-18-14-10-8-12-16(18)20(4,5)6/h7-14H,1-6H3/q-1. The van der Waals surface area contributed by atoms with Gasteiger partial charge in [0.05, 0.1) is 0 Å². The van der Waals surface area contributed by atoms with Crippen molar-refractivity contribution in [2.45, 2.75) is 52.4 Å². The summed E-state index contributed by atoms with van der Waals surface area (Å²) >= 11 is -0.147. The molecule has 0 saturated heterocycles. The van der Waals surface area contributed by atoms with Crippen LogP contribution < -0.4 is 21.2 Å². The molecule has 0 amide bonds. The number of halogens is 1. The number of hydrogen-bond acceptors (Lipinski definition) is 0. The monoisotopic (exact) mass is 393 g/mol. The molecule has 1 heteroatoms. The fourth-order valence-electron chi connectivity index (χ4n) is 2.41. The molecule has 2 aromatic rings. The molecule has 0 heterocycles. The second-order valence-corrected chi connectivity index (χ2v) is 10.4. The Morgan fingerprint density at radius 3 is 1.24 bits per heavy atom. The fraction of sp³-hybridized carbons (Fsp3) is 0.400. The third kappa shape index (κ3) is 4.09. The van der Waals surface area contributed by atoms with Gasteiger partial charge in [0.15, 0.2) is 0 Å². The predicted molar refractivity (Wildman–Crippen MR) is 87.7 cm³/mol. The number of hydrogen-bond donors (Lipinski definition) is 0. The normalized spacial score (nSPS) is 12.7. The van der Waals surface area contributed by atoms with Crippen LogP contribution >= 0.6 is 0 Å². The zero-order chi connectivity index (χ0) is 15.7. The van der Waals surface area contributed by atoms with E-state index in [1.165, 1.54) is 11.1 Å². The van der Waals surface area contributed by atoms with Gasteiger partial charge in [-0.05, 0) is 0 Å². The van der Waals surface area contributed by atoms with Gasteiger partial charge in [-0.25, -0.2) is 0 Å². The van der Waals surface area contributed by atoms with E-state index in [0.717, 1.165) is 0 Å². The maximum atomic E-state index is 2.33. The van der Waals surface area contributed by atoms with E-state index in [4.69, 9.17) is 0 Å². The van der Waals surface area contributed by atoms with E-state index in [1.807, 2.05) is 0 Å². The summed E-state index contributed by atoms with van der Waals surface area (Å²) in [6.07, 6.45) is 0. The van der Waals surface area contributed by atoms with Gasteiger partial charge < -0.3 is 0 Å². The van der Waals surface area contributed by atoms with Gasteiger partial charge in [-0.3, -0.25) is 0 Å². The maximum absolute atomic E-state index is 2.33. The van der Waals surface area contributed by atoms with Crippen molar-refractivity contribution in [3.8, 4) is 0 Å². The van der Waals surface area contributed by atoms with Crippen LogP contribution in [0.2, 0.25) is 0 Å². The Balaban J connectivity index is 2.45. The van der Waals surface area contributed by atoms with Crippen molar-refractivity contribution in [2.75, 3.05) is 0 Å². The van der Waals surface area contributed by atoms with Gasteiger partial charge in [-0.1, -0.05) is 0 Å². The fourth-order valence-corrected chi connectivity index (χ4v) is 6.37. The SMILES string of the molecule is CC(C)(C)c1ccccc1[I-]c1ccccc1C(C)(C)C. The summed E-state index contributed by atoms with van der Waals surface area (Å²) in [6, 6.07) is 18.0. The van der Waals surface area contributed by atoms with Crippen molar-refractivity contribution >= 4 is 0 Å². The van der Waals surface area contributed by atoms with Crippen molar-refractivity contribution in [3.05, 3.63) is 66.8 Å². The summed E-state index contributed by atoms with van der Waals surface area (Å²) < 4.78 is 3.11. The Hall–Kier alpha value is -0.830. The van der Waals surface area contributed by atoms with Gasteiger partial charge in [-0.2, -0.15) is 0 Å². The molecule has 0 atom stereocenters. The van der Waals surface area contributed by atoms with Crippen LogP contribution in [-0.4, -0.2) is 0 Å². The van der Waals surface area contributed by atoms with Crippen LogP contribution in [0, 0.1) is 7.14 Å². The molecule has 0 unspecified atom stereocenters. The van der Waals surface area contributed by atoms with E-state index in [1.54, 1.807) is 7.14 Å². The van der Waals surface area contributed by atoms with Crippen molar-refractivity contribution in [1.82, 2.24) is 0 Å². The number of benzene rings is 2. The molecular formula is C20H26I-. The molecule has 0 spiro atoms. The summed E-state index contributed by atoms with van der Waals surface area (Å²) in [4.78, 5) is 0. The quantitative estimate of drug-likeness (QED) is 0.688. The molecule has 114 valence electrons. The first-order valence-electron chi connectivity index (χ1n) is 7.53. The summed E-state index contributed by atoms with van der Waals surface area (Å²) in [5, 5.41) is 0. The average Bonchev–Trinajstić information content (AvgIpc) is 2.37. The predicted octanol–water partition coefficient (Wildman–Crippen LogP) is 2.41. The first kappa shape index (κ1) is 16.5. The molecule has 0 aromatic heterocycles. The summed E-state index contributed by atoms with van der Waals surface area (Å²) in [5.74, 6) is 0. The Kier molecular flexibility index (Phi) is 4.82. The van der Waals surface area contributed by atoms with Gasteiger partial charge in [0.1, 0.15) is 0 Å². The van der Waals surface area contributed by atoms with E-state index >= 15 is 0 Å². The summed E-state index contributed by atoms with van der Waals surface area (Å²) in [7, 11) is 0. The summed E-state index contributed by atoms with van der Waals surface area (Å²) in [6.45, 7) is 13.9. The molecule has 0 aliphatic rings. The Bertz CT molecular complexity index is 557. The van der Waals surface area contributed by atoms with Gasteiger partial charge >= 0.3 is 140 Å². The molecular weight excluding hydrogens is 367 g/mol. The molecule has 2 rings (SSSR count). The molecule has 2 aromatic carbocycles. The van der Waals surface area contributed by atoms with Crippen LogP contribution in [0.5, 0.6) is 0 Å².